The van der Waals surface area contributed by atoms with Crippen molar-refractivity contribution in [1.29, 1.82) is 0 Å². The number of para-hydroxylation sites is 9. The van der Waals surface area contributed by atoms with Gasteiger partial charge in [-0.2, -0.15) is 0 Å². The van der Waals surface area contributed by atoms with Gasteiger partial charge in [-0.1, -0.05) is 303 Å². The van der Waals surface area contributed by atoms with Crippen molar-refractivity contribution in [3.63, 3.8) is 0 Å². The predicted octanol–water partition coefficient (Wildman–Crippen LogP) is 36.0. The summed E-state index contributed by atoms with van der Waals surface area (Å²) in [7, 11) is 0. The second-order valence-electron chi connectivity index (χ2n) is 37.0. The lowest BCUT2D eigenvalue weighted by Crippen LogP contribution is -1.97. The van der Waals surface area contributed by atoms with E-state index in [1.54, 1.807) is 0 Å². The molecule has 0 fully saturated rings. The van der Waals surface area contributed by atoms with Crippen molar-refractivity contribution in [3.8, 4) is 78.6 Å². The standard InChI is InChI=1S/2C48H30N2O.C36H22N2O/c1-4-14-31(15-5-1)33-24-34(32-16-6-2-7-17-32)26-36(25-33)50-43-22-12-10-20-37(43)39-27-40-41-28-42-38-21-11-13-23-47(38)51-48(42)30-46(41)49(45(40)29-44(39)50)35-18-8-3-9-19-35;1-4-13-31(14-5-1)33-17-12-20-36(25-33)50-43-22-11-10-21-37(43)38-27-39-40-28-42-41-26-34(32-15-6-2-7-16-32)23-24-47(41)51-48(42)30-46(40)49(45(39)29-44(38)50)35-18-8-3-9-19-35;1-3-11-23(12-4-1)37-31-17-9-7-15-25(31)27-19-28-29-20-30-26-16-8-10-18-35(26)39-36(30)22-34(29)38(33(28)21-32(27)37)24-13-5-2-6-14-24/h2*1-30H;1-22H. The van der Waals surface area contributed by atoms with Gasteiger partial charge in [-0.25, -0.2) is 0 Å². The molecule has 141 heavy (non-hydrogen) atoms. The molecule has 9 aromatic heterocycles. The van der Waals surface area contributed by atoms with E-state index in [1.807, 2.05) is 18.2 Å². The Morgan fingerprint density at radius 3 is 0.688 bits per heavy atom. The number of nitrogens with zero attached hydrogens (tertiary/aromatic N) is 6. The molecule has 31 aromatic rings. The van der Waals surface area contributed by atoms with Crippen molar-refractivity contribution in [2.45, 2.75) is 0 Å². The van der Waals surface area contributed by atoms with Crippen molar-refractivity contribution in [3.05, 3.63) is 497 Å². The fourth-order valence-corrected chi connectivity index (χ4v) is 22.7. The molecule has 0 aliphatic heterocycles. The molecule has 0 bridgehead atoms. The highest BCUT2D eigenvalue weighted by Crippen LogP contribution is 2.49. The normalized spacial score (nSPS) is 12.0. The largest absolute Gasteiger partial charge is 0.456 e. The zero-order valence-electron chi connectivity index (χ0n) is 76.3. The van der Waals surface area contributed by atoms with Gasteiger partial charge in [0.2, 0.25) is 0 Å². The number of hydrogen-bond donors (Lipinski definition) is 0. The molecular weight excluding hydrogens is 1720 g/mol. The monoisotopic (exact) mass is 1800 g/mol. The molecule has 0 N–H and O–H groups in total. The first kappa shape index (κ1) is 79.4. The maximum absolute atomic E-state index is 6.57. The van der Waals surface area contributed by atoms with E-state index in [0.717, 1.165) is 128 Å². The molecule has 0 unspecified atom stereocenters. The number of aromatic nitrogens is 6. The van der Waals surface area contributed by atoms with Gasteiger partial charge in [0.15, 0.2) is 0 Å². The smallest absolute Gasteiger partial charge is 0.137 e. The van der Waals surface area contributed by atoms with Crippen LogP contribution in [0.15, 0.2) is 511 Å². The van der Waals surface area contributed by atoms with Crippen LogP contribution in [-0.2, 0) is 0 Å². The van der Waals surface area contributed by atoms with E-state index in [4.69, 9.17) is 13.3 Å². The van der Waals surface area contributed by atoms with Crippen LogP contribution in [0.5, 0.6) is 0 Å². The zero-order valence-corrected chi connectivity index (χ0v) is 76.3. The Bertz CT molecular complexity index is 10400. The summed E-state index contributed by atoms with van der Waals surface area (Å²) in [5.41, 5.74) is 35.8. The Hall–Kier alpha value is -19.0. The Kier molecular flexibility index (Phi) is 17.9. The average molecular weight is 1800 g/mol. The molecule has 31 rings (SSSR count). The van der Waals surface area contributed by atoms with Crippen LogP contribution in [0, 0.1) is 0 Å². The van der Waals surface area contributed by atoms with Gasteiger partial charge < -0.3 is 40.7 Å². The first-order valence-corrected chi connectivity index (χ1v) is 48.1. The maximum Gasteiger partial charge on any atom is 0.137 e. The van der Waals surface area contributed by atoms with Crippen LogP contribution in [0.2, 0.25) is 0 Å². The van der Waals surface area contributed by atoms with Gasteiger partial charge in [-0.15, -0.1) is 0 Å². The summed E-state index contributed by atoms with van der Waals surface area (Å²) in [6, 6.07) is 179. The summed E-state index contributed by atoms with van der Waals surface area (Å²) in [4.78, 5) is 0. The third-order valence-corrected chi connectivity index (χ3v) is 29.0. The quantitative estimate of drug-likeness (QED) is 0.137. The lowest BCUT2D eigenvalue weighted by Gasteiger charge is -2.14. The molecule has 0 saturated carbocycles. The molecule has 0 atom stereocenters. The van der Waals surface area contributed by atoms with E-state index in [-0.39, 0.29) is 0 Å². The van der Waals surface area contributed by atoms with Crippen LogP contribution in [0.4, 0.5) is 0 Å². The number of rotatable bonds is 10. The van der Waals surface area contributed by atoms with Crippen LogP contribution >= 0.6 is 0 Å². The van der Waals surface area contributed by atoms with E-state index in [1.165, 1.54) is 148 Å². The van der Waals surface area contributed by atoms with Gasteiger partial charge in [-0.05, 0) is 220 Å². The lowest BCUT2D eigenvalue weighted by molar-refractivity contribution is 0.669. The fraction of sp³-hybridized carbons (Fsp3) is 0. The zero-order chi connectivity index (χ0) is 92.4. The predicted molar refractivity (Wildman–Crippen MR) is 589 cm³/mol. The first-order valence-electron chi connectivity index (χ1n) is 48.1. The van der Waals surface area contributed by atoms with E-state index in [9.17, 15) is 0 Å². The van der Waals surface area contributed by atoms with Gasteiger partial charge in [0, 0.05) is 149 Å². The van der Waals surface area contributed by atoms with Gasteiger partial charge in [0.25, 0.3) is 0 Å². The van der Waals surface area contributed by atoms with Crippen molar-refractivity contribution >= 4 is 197 Å². The van der Waals surface area contributed by atoms with Crippen LogP contribution in [0.1, 0.15) is 0 Å². The SMILES string of the molecule is c1ccc(-c2cc(-c3ccccc3)cc(-n3c4ccccc4c4cc5c6cc7c(cc6n(-c6ccccc6)c5cc43)oc3ccccc37)c2)cc1.c1ccc(-c2cccc(-n3c4ccccc4c4cc5c6cc7c(cc6n(-c6ccccc6)c5cc43)oc3ccc(-c4ccccc4)cc37)c2)cc1.c1ccc(-n2c3ccccc3c3cc4c5cc6c(cc5n(-c5ccccc5)c4cc32)oc2ccccc26)cc1. The van der Waals surface area contributed by atoms with Crippen molar-refractivity contribution in [1.82, 2.24) is 27.4 Å². The van der Waals surface area contributed by atoms with E-state index >= 15 is 0 Å². The molecule has 9 heteroatoms. The van der Waals surface area contributed by atoms with Crippen LogP contribution in [0.3, 0.4) is 0 Å². The van der Waals surface area contributed by atoms with Crippen LogP contribution in [0.25, 0.3) is 275 Å². The molecule has 0 saturated heterocycles. The molecule has 0 aliphatic rings. The summed E-state index contributed by atoms with van der Waals surface area (Å²) < 4.78 is 33.8. The highest BCUT2D eigenvalue weighted by Gasteiger charge is 2.27. The maximum atomic E-state index is 6.57. The highest BCUT2D eigenvalue weighted by molar-refractivity contribution is 6.27. The molecule has 9 heterocycles. The number of hydrogen-bond acceptors (Lipinski definition) is 3. The van der Waals surface area contributed by atoms with Crippen molar-refractivity contribution < 1.29 is 13.3 Å². The minimum Gasteiger partial charge on any atom is -0.456 e. The molecule has 0 aliphatic carbocycles. The summed E-state index contributed by atoms with van der Waals surface area (Å²) in [5.74, 6) is 0. The fourth-order valence-electron chi connectivity index (χ4n) is 22.7. The second kappa shape index (κ2) is 31.8. The minimum absolute atomic E-state index is 0.889. The summed E-state index contributed by atoms with van der Waals surface area (Å²) in [6.45, 7) is 0. The van der Waals surface area contributed by atoms with Gasteiger partial charge >= 0.3 is 0 Å². The summed E-state index contributed by atoms with van der Waals surface area (Å²) in [6.07, 6.45) is 0. The van der Waals surface area contributed by atoms with Crippen LogP contribution < -0.4 is 0 Å². The molecule has 0 radical (unpaired) electrons. The van der Waals surface area contributed by atoms with Crippen molar-refractivity contribution in [2.75, 3.05) is 0 Å². The number of benzene rings is 22. The molecule has 22 aromatic carbocycles. The van der Waals surface area contributed by atoms with Crippen LogP contribution in [-0.4, -0.2) is 27.4 Å². The Labute approximate surface area is 807 Å². The highest BCUT2D eigenvalue weighted by atomic mass is 16.3. The number of fused-ring (bicyclic) bond motifs is 27. The molecule has 0 amide bonds. The average Bonchev–Trinajstić information content (AvgIpc) is 1.55. The Balaban J connectivity index is 0.000000102. The molecule has 0 spiro atoms. The number of furan rings is 3. The third-order valence-electron chi connectivity index (χ3n) is 29.0. The third kappa shape index (κ3) is 12.7. The van der Waals surface area contributed by atoms with Gasteiger partial charge in [0.05, 0.1) is 66.2 Å². The molecule has 9 nitrogen and oxygen atoms in total. The topological polar surface area (TPSA) is 69.0 Å². The van der Waals surface area contributed by atoms with E-state index < -0.39 is 0 Å². The Morgan fingerprint density at radius 2 is 0.326 bits per heavy atom. The Morgan fingerprint density at radius 1 is 0.0993 bits per heavy atom. The second-order valence-corrected chi connectivity index (χ2v) is 37.0. The minimum atomic E-state index is 0.889. The first-order chi connectivity index (χ1) is 69.9. The molecule has 658 valence electrons. The summed E-state index contributed by atoms with van der Waals surface area (Å²) >= 11 is 0. The summed E-state index contributed by atoms with van der Waals surface area (Å²) in [5, 5.41) is 21.6. The van der Waals surface area contributed by atoms with Gasteiger partial charge in [-0.3, -0.25) is 0 Å². The van der Waals surface area contributed by atoms with Crippen molar-refractivity contribution in [2.24, 2.45) is 0 Å². The van der Waals surface area contributed by atoms with Gasteiger partial charge in [0.1, 0.15) is 33.5 Å². The molecular formula is C132H82N6O3. The van der Waals surface area contributed by atoms with E-state index in [0.29, 0.717) is 0 Å². The van der Waals surface area contributed by atoms with E-state index in [2.05, 4.69) is 507 Å². The lowest BCUT2D eigenvalue weighted by atomic mass is 9.98.